The molecule has 2 fully saturated rings. The van der Waals surface area contributed by atoms with Crippen LogP contribution in [0.15, 0.2) is 34.7 Å². The molecule has 1 aliphatic heterocycles. The second-order valence-corrected chi connectivity index (χ2v) is 8.92. The molecule has 1 saturated heterocycles. The Bertz CT molecular complexity index is 711. The lowest BCUT2D eigenvalue weighted by Crippen LogP contribution is -2.38. The van der Waals surface area contributed by atoms with Gasteiger partial charge >= 0.3 is 0 Å². The molecular weight excluding hydrogens is 352 g/mol. The molecule has 2 aliphatic rings. The number of nitrogens with zero attached hydrogens (tertiary/aromatic N) is 3. The van der Waals surface area contributed by atoms with Crippen molar-refractivity contribution in [3.8, 4) is 0 Å². The summed E-state index contributed by atoms with van der Waals surface area (Å²) >= 11 is 3.07. The number of benzene rings is 1. The quantitative estimate of drug-likeness (QED) is 0.776. The minimum absolute atomic E-state index is 0.197. The zero-order valence-electron chi connectivity index (χ0n) is 14.1. The van der Waals surface area contributed by atoms with E-state index in [1.807, 2.05) is 35.2 Å². The summed E-state index contributed by atoms with van der Waals surface area (Å²) in [5.74, 6) is 0.197. The highest BCUT2D eigenvalue weighted by Crippen LogP contribution is 2.40. The monoisotopic (exact) mass is 374 g/mol. The van der Waals surface area contributed by atoms with E-state index < -0.39 is 0 Å². The summed E-state index contributed by atoms with van der Waals surface area (Å²) in [6.07, 6.45) is 5.85. The van der Waals surface area contributed by atoms with Crippen LogP contribution < -0.4 is 5.32 Å². The van der Waals surface area contributed by atoms with Gasteiger partial charge in [0, 0.05) is 19.1 Å². The minimum Gasteiger partial charge on any atom is -0.357 e. The number of rotatable bonds is 6. The Labute approximate surface area is 156 Å². The van der Waals surface area contributed by atoms with Gasteiger partial charge in [-0.15, -0.1) is 10.2 Å². The summed E-state index contributed by atoms with van der Waals surface area (Å²) < 4.78 is 0.849. The molecule has 1 N–H and O–H groups in total. The van der Waals surface area contributed by atoms with Crippen molar-refractivity contribution in [2.45, 2.75) is 47.7 Å². The summed E-state index contributed by atoms with van der Waals surface area (Å²) in [5.41, 5.74) is 1.04. The van der Waals surface area contributed by atoms with Crippen molar-refractivity contribution < 1.29 is 4.79 Å². The van der Waals surface area contributed by atoms with Gasteiger partial charge in [-0.3, -0.25) is 4.79 Å². The summed E-state index contributed by atoms with van der Waals surface area (Å²) in [7, 11) is 0. The topological polar surface area (TPSA) is 58.1 Å². The average molecular weight is 375 g/mol. The van der Waals surface area contributed by atoms with Crippen molar-refractivity contribution in [3.05, 3.63) is 35.9 Å². The third-order valence-corrected chi connectivity index (χ3v) is 6.71. The second kappa shape index (κ2) is 7.74. The van der Waals surface area contributed by atoms with Gasteiger partial charge in [-0.1, -0.05) is 53.4 Å². The highest BCUT2D eigenvalue weighted by atomic mass is 32.2. The van der Waals surface area contributed by atoms with E-state index in [1.54, 1.807) is 11.3 Å². The Hall–Kier alpha value is -1.60. The Morgan fingerprint density at radius 3 is 2.64 bits per heavy atom. The smallest absolute Gasteiger partial charge is 0.240 e. The lowest BCUT2D eigenvalue weighted by atomic mass is 10.1. The number of aromatic nitrogens is 2. The van der Waals surface area contributed by atoms with Crippen LogP contribution in [-0.4, -0.2) is 40.1 Å². The fraction of sp³-hybridized carbons (Fsp3) is 0.500. The van der Waals surface area contributed by atoms with E-state index in [0.717, 1.165) is 41.0 Å². The number of amides is 1. The van der Waals surface area contributed by atoms with E-state index >= 15 is 0 Å². The summed E-state index contributed by atoms with van der Waals surface area (Å²) in [6.45, 7) is 1.74. The molecule has 1 amide bonds. The number of piperidine rings is 1. The lowest BCUT2D eigenvalue weighted by molar-refractivity contribution is -0.131. The molecule has 1 aromatic carbocycles. The largest absolute Gasteiger partial charge is 0.357 e. The number of likely N-dealkylation sites (tertiary alicyclic amines) is 1. The molecule has 0 radical (unpaired) electrons. The Balaban J connectivity index is 1.52. The van der Waals surface area contributed by atoms with Crippen molar-refractivity contribution in [1.29, 1.82) is 0 Å². The van der Waals surface area contributed by atoms with Gasteiger partial charge in [0.05, 0.1) is 0 Å². The van der Waals surface area contributed by atoms with Crippen molar-refractivity contribution in [1.82, 2.24) is 15.1 Å². The maximum Gasteiger partial charge on any atom is 0.240 e. The second-order valence-electron chi connectivity index (χ2n) is 6.59. The van der Waals surface area contributed by atoms with E-state index in [0.29, 0.717) is 6.04 Å². The highest BCUT2D eigenvalue weighted by molar-refractivity contribution is 8.01. The molecule has 7 heteroatoms. The third kappa shape index (κ3) is 4.33. The Morgan fingerprint density at radius 1 is 1.16 bits per heavy atom. The molecule has 2 aromatic rings. The first-order chi connectivity index (χ1) is 12.3. The highest BCUT2D eigenvalue weighted by Gasteiger charge is 2.29. The van der Waals surface area contributed by atoms with E-state index in [1.165, 1.54) is 31.0 Å². The van der Waals surface area contributed by atoms with Gasteiger partial charge in [0.15, 0.2) is 4.34 Å². The molecule has 1 aliphatic carbocycles. The first-order valence-electron chi connectivity index (χ1n) is 8.90. The molecule has 0 bridgehead atoms. The number of thioether (sulfide) groups is 1. The van der Waals surface area contributed by atoms with Gasteiger partial charge in [-0.25, -0.2) is 0 Å². The normalized spacial score (nSPS) is 18.8. The van der Waals surface area contributed by atoms with Crippen LogP contribution in [0.4, 0.5) is 5.13 Å². The van der Waals surface area contributed by atoms with Gasteiger partial charge in [0.1, 0.15) is 5.25 Å². The molecule has 132 valence electrons. The standard InChI is InChI=1S/C18H22N4OS2/c23-16(22-11-5-2-6-12-22)15(13-7-3-1-4-8-13)24-18-21-20-17(25-18)19-14-9-10-14/h1,3-4,7-8,14-15H,2,5-6,9-12H2,(H,19,20). The summed E-state index contributed by atoms with van der Waals surface area (Å²) in [4.78, 5) is 15.2. The number of carbonyl (C=O) groups is 1. The summed E-state index contributed by atoms with van der Waals surface area (Å²) in [5, 5.41) is 12.5. The number of hydrogen-bond acceptors (Lipinski definition) is 6. The first kappa shape index (κ1) is 16.8. The van der Waals surface area contributed by atoms with Crippen LogP contribution >= 0.6 is 23.1 Å². The van der Waals surface area contributed by atoms with E-state index in [4.69, 9.17) is 0 Å². The van der Waals surface area contributed by atoms with Crippen molar-refractivity contribution in [2.24, 2.45) is 0 Å². The van der Waals surface area contributed by atoms with E-state index in [9.17, 15) is 4.79 Å². The molecule has 1 saturated carbocycles. The van der Waals surface area contributed by atoms with Crippen molar-refractivity contribution in [2.75, 3.05) is 18.4 Å². The number of hydrogen-bond donors (Lipinski definition) is 1. The fourth-order valence-corrected chi connectivity index (χ4v) is 5.09. The maximum absolute atomic E-state index is 13.1. The van der Waals surface area contributed by atoms with Gasteiger partial charge in [-0.2, -0.15) is 0 Å². The molecule has 5 nitrogen and oxygen atoms in total. The van der Waals surface area contributed by atoms with Crippen LogP contribution in [0.25, 0.3) is 0 Å². The average Bonchev–Trinajstić information content (AvgIpc) is 3.37. The zero-order chi connectivity index (χ0) is 17.1. The van der Waals surface area contributed by atoms with Crippen LogP contribution in [0.2, 0.25) is 0 Å². The molecule has 1 unspecified atom stereocenters. The van der Waals surface area contributed by atoms with E-state index in [2.05, 4.69) is 15.5 Å². The SMILES string of the molecule is O=C(C(Sc1nnc(NC2CC2)s1)c1ccccc1)N1CCCCC1. The van der Waals surface area contributed by atoms with Crippen molar-refractivity contribution >= 4 is 34.1 Å². The number of carbonyl (C=O) groups excluding carboxylic acids is 1. The fourth-order valence-electron chi connectivity index (χ4n) is 2.99. The molecule has 1 atom stereocenters. The minimum atomic E-state index is -0.249. The third-order valence-electron chi connectivity index (χ3n) is 4.52. The molecule has 25 heavy (non-hydrogen) atoms. The molecule has 4 rings (SSSR count). The molecule has 1 aromatic heterocycles. The number of nitrogens with one attached hydrogen (secondary N) is 1. The van der Waals surface area contributed by atoms with Crippen LogP contribution in [-0.2, 0) is 4.79 Å². The molecular formula is C18H22N4OS2. The number of anilines is 1. The zero-order valence-corrected chi connectivity index (χ0v) is 15.7. The lowest BCUT2D eigenvalue weighted by Gasteiger charge is -2.30. The van der Waals surface area contributed by atoms with Crippen LogP contribution in [0.5, 0.6) is 0 Å². The van der Waals surface area contributed by atoms with Gasteiger partial charge < -0.3 is 10.2 Å². The first-order valence-corrected chi connectivity index (χ1v) is 10.6. The van der Waals surface area contributed by atoms with Gasteiger partial charge in [0.2, 0.25) is 11.0 Å². The van der Waals surface area contributed by atoms with E-state index in [-0.39, 0.29) is 11.2 Å². The molecule has 2 heterocycles. The van der Waals surface area contributed by atoms with Crippen LogP contribution in [0.1, 0.15) is 42.9 Å². The summed E-state index contributed by atoms with van der Waals surface area (Å²) in [6, 6.07) is 10.6. The maximum atomic E-state index is 13.1. The predicted octanol–water partition coefficient (Wildman–Crippen LogP) is 3.96. The van der Waals surface area contributed by atoms with Gasteiger partial charge in [-0.05, 0) is 37.7 Å². The van der Waals surface area contributed by atoms with Crippen LogP contribution in [0.3, 0.4) is 0 Å². The van der Waals surface area contributed by atoms with Gasteiger partial charge in [0.25, 0.3) is 0 Å². The molecule has 0 spiro atoms. The predicted molar refractivity (Wildman–Crippen MR) is 102 cm³/mol. The Kier molecular flexibility index (Phi) is 5.22. The Morgan fingerprint density at radius 2 is 1.92 bits per heavy atom. The van der Waals surface area contributed by atoms with Crippen LogP contribution in [0, 0.1) is 0 Å². The van der Waals surface area contributed by atoms with Crippen molar-refractivity contribution in [3.63, 3.8) is 0 Å².